The number of piperidine rings is 1. The van der Waals surface area contributed by atoms with E-state index in [-0.39, 0.29) is 23.5 Å². The molecule has 210 valence electrons. The number of nitrogens with zero attached hydrogens (tertiary/aromatic N) is 5. The molecule has 0 bridgehead atoms. The van der Waals surface area contributed by atoms with Crippen molar-refractivity contribution >= 4 is 5.91 Å². The van der Waals surface area contributed by atoms with Gasteiger partial charge in [-0.15, -0.1) is 9.94 Å². The fourth-order valence-electron chi connectivity index (χ4n) is 5.96. The summed E-state index contributed by atoms with van der Waals surface area (Å²) < 4.78 is 44.6. The van der Waals surface area contributed by atoms with Crippen LogP contribution in [0.1, 0.15) is 65.6 Å². The molecule has 1 aromatic carbocycles. The lowest BCUT2D eigenvalue weighted by atomic mass is 9.86. The van der Waals surface area contributed by atoms with Crippen molar-refractivity contribution in [1.82, 2.24) is 24.6 Å². The fourth-order valence-corrected chi connectivity index (χ4v) is 5.96. The van der Waals surface area contributed by atoms with Gasteiger partial charge in [-0.3, -0.25) is 14.6 Å². The molecular weight excluding hydrogens is 499 g/mol. The molecule has 0 radical (unpaired) electrons. The largest absolute Gasteiger partial charge is 0.416 e. The maximum Gasteiger partial charge on any atom is 0.416 e. The molecule has 1 N–H and O–H groups in total. The molecule has 38 heavy (non-hydrogen) atoms. The van der Waals surface area contributed by atoms with Crippen LogP contribution in [0.2, 0.25) is 0 Å². The standard InChI is InChI=1S/C27H38F3N5O3/c1-18-16-33(14-15-34(18)23(17-38-5)21-6-8-22(9-7-21)27(28,29)30)26(4)10-12-32(13-11-26)25(36)24-19(2)31-35(37)20(24)3/h6-9,18,23,37H,10-17H2,1-5H3/t18?,23-/m0/s1. The third kappa shape index (κ3) is 5.55. The number of benzene rings is 1. The van der Waals surface area contributed by atoms with Crippen LogP contribution < -0.4 is 0 Å². The zero-order chi connectivity index (χ0) is 27.8. The molecule has 2 aliphatic rings. The molecule has 0 saturated carbocycles. The molecule has 1 aromatic heterocycles. The first kappa shape index (κ1) is 28.4. The number of methoxy groups -OCH3 is 1. The van der Waals surface area contributed by atoms with Crippen LogP contribution in [0.25, 0.3) is 0 Å². The lowest BCUT2D eigenvalue weighted by molar-refractivity contribution is -0.137. The number of alkyl halides is 3. The smallest absolute Gasteiger partial charge is 0.411 e. The van der Waals surface area contributed by atoms with Crippen molar-refractivity contribution in [3.8, 4) is 0 Å². The molecule has 8 nitrogen and oxygen atoms in total. The minimum atomic E-state index is -4.36. The van der Waals surface area contributed by atoms with E-state index in [1.807, 2.05) is 4.90 Å². The minimum Gasteiger partial charge on any atom is -0.411 e. The van der Waals surface area contributed by atoms with Gasteiger partial charge in [0.1, 0.15) is 0 Å². The number of amides is 1. The Bertz CT molecular complexity index is 1130. The Hall–Kier alpha value is -2.63. The van der Waals surface area contributed by atoms with Crippen LogP contribution in [-0.4, -0.2) is 93.8 Å². The Balaban J connectivity index is 1.40. The zero-order valence-electron chi connectivity index (χ0n) is 22.8. The van der Waals surface area contributed by atoms with Gasteiger partial charge in [0.2, 0.25) is 0 Å². The summed E-state index contributed by atoms with van der Waals surface area (Å²) in [5, 5.41) is 13.8. The third-order valence-electron chi connectivity index (χ3n) is 8.40. The topological polar surface area (TPSA) is 74.1 Å². The fraction of sp³-hybridized carbons (Fsp3) is 0.630. The van der Waals surface area contributed by atoms with Gasteiger partial charge in [0.15, 0.2) is 0 Å². The Morgan fingerprint density at radius 3 is 2.29 bits per heavy atom. The highest BCUT2D eigenvalue weighted by molar-refractivity contribution is 5.96. The zero-order valence-corrected chi connectivity index (χ0v) is 22.8. The second kappa shape index (κ2) is 10.9. The van der Waals surface area contributed by atoms with E-state index in [4.69, 9.17) is 4.74 Å². The molecule has 2 aliphatic heterocycles. The first-order valence-electron chi connectivity index (χ1n) is 13.1. The molecule has 0 aliphatic carbocycles. The van der Waals surface area contributed by atoms with Gasteiger partial charge in [0.05, 0.1) is 35.2 Å². The van der Waals surface area contributed by atoms with Gasteiger partial charge in [-0.2, -0.15) is 13.2 Å². The Kier molecular flexibility index (Phi) is 8.11. The molecule has 1 unspecified atom stereocenters. The molecule has 2 aromatic rings. The van der Waals surface area contributed by atoms with E-state index in [0.29, 0.717) is 36.6 Å². The summed E-state index contributed by atoms with van der Waals surface area (Å²) in [6, 6.07) is 5.44. The maximum absolute atomic E-state index is 13.2. The number of piperazine rings is 1. The van der Waals surface area contributed by atoms with Crippen molar-refractivity contribution in [1.29, 1.82) is 0 Å². The molecule has 4 rings (SSSR count). The summed E-state index contributed by atoms with van der Waals surface area (Å²) in [6.45, 7) is 11.9. The molecule has 2 atom stereocenters. The van der Waals surface area contributed by atoms with Gasteiger partial charge in [-0.1, -0.05) is 12.1 Å². The lowest BCUT2D eigenvalue weighted by Gasteiger charge is -2.52. The number of likely N-dealkylation sites (tertiary alicyclic amines) is 1. The second-order valence-corrected chi connectivity index (χ2v) is 10.8. The van der Waals surface area contributed by atoms with Crippen molar-refractivity contribution in [2.45, 2.75) is 64.3 Å². The summed E-state index contributed by atoms with van der Waals surface area (Å²) in [4.78, 5) is 20.6. The summed E-state index contributed by atoms with van der Waals surface area (Å²) in [6.07, 6.45) is -2.70. The number of rotatable bonds is 6. The quantitative estimate of drug-likeness (QED) is 0.559. The van der Waals surface area contributed by atoms with Crippen LogP contribution in [0.5, 0.6) is 0 Å². The number of carbonyl (C=O) groups excluding carboxylic acids is 1. The van der Waals surface area contributed by atoms with Crippen molar-refractivity contribution in [2.24, 2.45) is 0 Å². The van der Waals surface area contributed by atoms with E-state index in [1.54, 1.807) is 33.1 Å². The highest BCUT2D eigenvalue weighted by atomic mass is 19.4. The van der Waals surface area contributed by atoms with Gasteiger partial charge in [0.25, 0.3) is 5.91 Å². The van der Waals surface area contributed by atoms with E-state index in [0.717, 1.165) is 55.0 Å². The van der Waals surface area contributed by atoms with Gasteiger partial charge >= 0.3 is 6.18 Å². The molecule has 3 heterocycles. The summed E-state index contributed by atoms with van der Waals surface area (Å²) in [5.74, 6) is -0.0977. The molecule has 2 fully saturated rings. The highest BCUT2D eigenvalue weighted by Crippen LogP contribution is 2.35. The van der Waals surface area contributed by atoms with E-state index < -0.39 is 11.7 Å². The summed E-state index contributed by atoms with van der Waals surface area (Å²) in [5.41, 5.74) is 1.54. The molecule has 0 spiro atoms. The number of ether oxygens (including phenoxy) is 1. The van der Waals surface area contributed by atoms with Crippen LogP contribution in [0.4, 0.5) is 13.2 Å². The van der Waals surface area contributed by atoms with Crippen molar-refractivity contribution < 1.29 is 27.9 Å². The lowest BCUT2D eigenvalue weighted by Crippen LogP contribution is -2.62. The Labute approximate surface area is 221 Å². The van der Waals surface area contributed by atoms with Crippen LogP contribution in [-0.2, 0) is 10.9 Å². The van der Waals surface area contributed by atoms with Gasteiger partial charge in [-0.05, 0) is 58.2 Å². The SMILES string of the molecule is COC[C@@H](c1ccc(C(F)(F)F)cc1)N1CCN(C2(C)CCN(C(=O)c3c(C)nn(O)c3C)CC2)CC1C. The highest BCUT2D eigenvalue weighted by Gasteiger charge is 2.41. The van der Waals surface area contributed by atoms with Crippen LogP contribution in [0, 0.1) is 13.8 Å². The number of aryl methyl sites for hydroxylation is 1. The third-order valence-corrected chi connectivity index (χ3v) is 8.40. The van der Waals surface area contributed by atoms with Crippen LogP contribution >= 0.6 is 0 Å². The van der Waals surface area contributed by atoms with Crippen LogP contribution in [0.3, 0.4) is 0 Å². The van der Waals surface area contributed by atoms with E-state index in [9.17, 15) is 23.2 Å². The van der Waals surface area contributed by atoms with Gasteiger partial charge in [-0.25, -0.2) is 0 Å². The first-order valence-corrected chi connectivity index (χ1v) is 13.1. The number of carbonyl (C=O) groups is 1. The monoisotopic (exact) mass is 537 g/mol. The average Bonchev–Trinajstić information content (AvgIpc) is 3.13. The van der Waals surface area contributed by atoms with Crippen molar-refractivity contribution in [3.05, 3.63) is 52.3 Å². The van der Waals surface area contributed by atoms with E-state index in [2.05, 4.69) is 28.7 Å². The minimum absolute atomic E-state index is 0.0620. The van der Waals surface area contributed by atoms with Crippen molar-refractivity contribution in [3.63, 3.8) is 0 Å². The summed E-state index contributed by atoms with van der Waals surface area (Å²) >= 11 is 0. The van der Waals surface area contributed by atoms with E-state index >= 15 is 0 Å². The maximum atomic E-state index is 13.2. The predicted octanol–water partition coefficient (Wildman–Crippen LogP) is 4.14. The van der Waals surface area contributed by atoms with Crippen molar-refractivity contribution in [2.75, 3.05) is 46.4 Å². The van der Waals surface area contributed by atoms with E-state index in [1.165, 1.54) is 0 Å². The Morgan fingerprint density at radius 1 is 1.16 bits per heavy atom. The normalized spacial score (nSPS) is 22.0. The average molecular weight is 538 g/mol. The molecule has 1 amide bonds. The number of aromatic nitrogens is 2. The Morgan fingerprint density at radius 2 is 1.79 bits per heavy atom. The van der Waals surface area contributed by atoms with Gasteiger partial charge in [0, 0.05) is 51.4 Å². The number of hydrogen-bond acceptors (Lipinski definition) is 6. The number of halogens is 3. The molecule has 11 heteroatoms. The summed E-state index contributed by atoms with van der Waals surface area (Å²) in [7, 11) is 1.61. The number of hydrogen-bond donors (Lipinski definition) is 1. The second-order valence-electron chi connectivity index (χ2n) is 10.8. The van der Waals surface area contributed by atoms with Gasteiger partial charge < -0.3 is 14.8 Å². The first-order chi connectivity index (χ1) is 17.9. The van der Waals surface area contributed by atoms with Crippen LogP contribution in [0.15, 0.2) is 24.3 Å². The molecular formula is C27H38F3N5O3. The molecule has 2 saturated heterocycles. The predicted molar refractivity (Wildman–Crippen MR) is 136 cm³/mol.